The van der Waals surface area contributed by atoms with Gasteiger partial charge in [-0.2, -0.15) is 0 Å². The van der Waals surface area contributed by atoms with Gasteiger partial charge in [-0.3, -0.25) is 14.6 Å². The molecule has 1 aliphatic carbocycles. The lowest BCUT2D eigenvalue weighted by atomic mass is 10.0. The number of hydrogen-bond donors (Lipinski definition) is 0. The lowest BCUT2D eigenvalue weighted by Gasteiger charge is -2.29. The van der Waals surface area contributed by atoms with Crippen LogP contribution in [0, 0.1) is 5.92 Å². The van der Waals surface area contributed by atoms with E-state index in [-0.39, 0.29) is 23.8 Å². The fourth-order valence-corrected chi connectivity index (χ4v) is 4.17. The number of aromatic nitrogens is 1. The lowest BCUT2D eigenvalue weighted by Crippen LogP contribution is -2.48. The van der Waals surface area contributed by atoms with Crippen LogP contribution in [0.4, 0.5) is 0 Å². The first-order valence-corrected chi connectivity index (χ1v) is 9.53. The number of nitrogens with zero attached hydrogens (tertiary/aromatic N) is 3. The Morgan fingerprint density at radius 3 is 2.58 bits per heavy atom. The predicted molar refractivity (Wildman–Crippen MR) is 96.4 cm³/mol. The molecule has 138 valence electrons. The second-order valence-electron chi connectivity index (χ2n) is 7.34. The highest BCUT2D eigenvalue weighted by Crippen LogP contribution is 2.29. The van der Waals surface area contributed by atoms with Gasteiger partial charge in [0.25, 0.3) is 0 Å². The van der Waals surface area contributed by atoms with E-state index in [0.717, 1.165) is 38.8 Å². The molecule has 1 aromatic heterocycles. The molecule has 3 heterocycles. The van der Waals surface area contributed by atoms with Crippen molar-refractivity contribution in [2.24, 2.45) is 5.92 Å². The molecular weight excluding hydrogens is 330 g/mol. The average molecular weight is 355 g/mol. The minimum absolute atomic E-state index is 0.0268. The zero-order valence-electron chi connectivity index (χ0n) is 14.9. The molecule has 26 heavy (non-hydrogen) atoms. The highest BCUT2D eigenvalue weighted by Gasteiger charge is 2.44. The predicted octanol–water partition coefficient (Wildman–Crippen LogP) is 2.02. The summed E-state index contributed by atoms with van der Waals surface area (Å²) in [5.74, 6) is 0.826. The van der Waals surface area contributed by atoms with Crippen LogP contribution in [0.3, 0.4) is 0 Å². The molecule has 0 aromatic carbocycles. The maximum atomic E-state index is 13.0. The SMILES string of the molecule is O=C([C@@H]1C[C@H](Oc2cccnc2)CN1C(=O)C1CC=CC1)N1CCCC1. The number of allylic oxidation sites excluding steroid dienone is 2. The normalized spacial score (nSPS) is 25.8. The number of pyridine rings is 1. The van der Waals surface area contributed by atoms with Gasteiger partial charge in [0, 0.05) is 31.6 Å². The van der Waals surface area contributed by atoms with Gasteiger partial charge >= 0.3 is 0 Å². The van der Waals surface area contributed by atoms with E-state index in [4.69, 9.17) is 4.74 Å². The zero-order chi connectivity index (χ0) is 17.9. The molecule has 0 N–H and O–H groups in total. The van der Waals surface area contributed by atoms with Crippen LogP contribution >= 0.6 is 0 Å². The molecule has 6 heteroatoms. The van der Waals surface area contributed by atoms with Crippen molar-refractivity contribution in [3.8, 4) is 5.75 Å². The van der Waals surface area contributed by atoms with E-state index in [9.17, 15) is 9.59 Å². The summed E-state index contributed by atoms with van der Waals surface area (Å²) >= 11 is 0. The molecule has 0 spiro atoms. The van der Waals surface area contributed by atoms with Crippen molar-refractivity contribution < 1.29 is 14.3 Å². The van der Waals surface area contributed by atoms with Crippen LogP contribution in [0.25, 0.3) is 0 Å². The quantitative estimate of drug-likeness (QED) is 0.775. The molecule has 3 aliphatic rings. The molecule has 0 unspecified atom stereocenters. The topological polar surface area (TPSA) is 62.7 Å². The summed E-state index contributed by atoms with van der Waals surface area (Å²) in [7, 11) is 0. The van der Waals surface area contributed by atoms with E-state index in [0.29, 0.717) is 18.7 Å². The van der Waals surface area contributed by atoms with Crippen LogP contribution in [0.15, 0.2) is 36.7 Å². The second kappa shape index (κ2) is 7.48. The van der Waals surface area contributed by atoms with Crippen LogP contribution in [0.5, 0.6) is 5.75 Å². The van der Waals surface area contributed by atoms with Crippen molar-refractivity contribution >= 4 is 11.8 Å². The van der Waals surface area contributed by atoms with Gasteiger partial charge in [0.05, 0.1) is 12.7 Å². The third-order valence-corrected chi connectivity index (χ3v) is 5.54. The smallest absolute Gasteiger partial charge is 0.245 e. The van der Waals surface area contributed by atoms with Crippen molar-refractivity contribution in [2.75, 3.05) is 19.6 Å². The Kier molecular flexibility index (Phi) is 4.91. The minimum atomic E-state index is -0.400. The summed E-state index contributed by atoms with van der Waals surface area (Å²) in [5, 5.41) is 0. The first-order valence-electron chi connectivity index (χ1n) is 9.53. The second-order valence-corrected chi connectivity index (χ2v) is 7.34. The van der Waals surface area contributed by atoms with E-state index in [1.807, 2.05) is 17.0 Å². The number of hydrogen-bond acceptors (Lipinski definition) is 4. The first kappa shape index (κ1) is 17.1. The molecule has 6 nitrogen and oxygen atoms in total. The van der Waals surface area contributed by atoms with Crippen molar-refractivity contribution in [1.29, 1.82) is 0 Å². The molecule has 0 radical (unpaired) electrons. The zero-order valence-corrected chi connectivity index (χ0v) is 14.9. The Labute approximate surface area is 153 Å². The van der Waals surface area contributed by atoms with Gasteiger partial charge in [0.15, 0.2) is 0 Å². The molecule has 2 fully saturated rings. The van der Waals surface area contributed by atoms with Crippen LogP contribution < -0.4 is 4.74 Å². The molecular formula is C20H25N3O3. The monoisotopic (exact) mass is 355 g/mol. The van der Waals surface area contributed by atoms with E-state index in [2.05, 4.69) is 17.1 Å². The van der Waals surface area contributed by atoms with Gasteiger partial charge in [0.2, 0.25) is 11.8 Å². The third kappa shape index (κ3) is 3.45. The standard InChI is InChI=1S/C20H25N3O3/c24-19(15-6-1-2-7-15)23-14-17(26-16-8-5-9-21-13-16)12-18(23)20(25)22-10-3-4-11-22/h1-2,5,8-9,13,15,17-18H,3-4,6-7,10-12,14H2/t17-,18-/m0/s1. The Balaban J connectivity index is 1.49. The van der Waals surface area contributed by atoms with E-state index in [1.165, 1.54) is 0 Å². The van der Waals surface area contributed by atoms with Gasteiger partial charge in [-0.15, -0.1) is 0 Å². The average Bonchev–Trinajstić information content (AvgIpc) is 3.42. The lowest BCUT2D eigenvalue weighted by molar-refractivity contribution is -0.145. The van der Waals surface area contributed by atoms with Crippen LogP contribution in [-0.4, -0.2) is 58.4 Å². The Bertz CT molecular complexity index is 655. The largest absolute Gasteiger partial charge is 0.487 e. The van der Waals surface area contributed by atoms with Crippen molar-refractivity contribution in [3.05, 3.63) is 36.7 Å². The highest BCUT2D eigenvalue weighted by molar-refractivity contribution is 5.89. The molecule has 2 atom stereocenters. The molecule has 0 saturated carbocycles. The van der Waals surface area contributed by atoms with Gasteiger partial charge in [-0.25, -0.2) is 0 Å². The Morgan fingerprint density at radius 2 is 1.88 bits per heavy atom. The fourth-order valence-electron chi connectivity index (χ4n) is 4.17. The summed E-state index contributed by atoms with van der Waals surface area (Å²) in [5.41, 5.74) is 0. The number of carbonyl (C=O) groups excluding carboxylic acids is 2. The summed E-state index contributed by atoms with van der Waals surface area (Å²) < 4.78 is 6.02. The summed E-state index contributed by atoms with van der Waals surface area (Å²) in [6.45, 7) is 2.07. The molecule has 4 rings (SSSR count). The number of carbonyl (C=O) groups is 2. The maximum Gasteiger partial charge on any atom is 0.245 e. The summed E-state index contributed by atoms with van der Waals surface area (Å²) in [6, 6.07) is 3.28. The number of ether oxygens (including phenoxy) is 1. The van der Waals surface area contributed by atoms with Crippen LogP contribution in [-0.2, 0) is 9.59 Å². The van der Waals surface area contributed by atoms with Gasteiger partial charge < -0.3 is 14.5 Å². The molecule has 2 aliphatic heterocycles. The van der Waals surface area contributed by atoms with Gasteiger partial charge in [-0.05, 0) is 37.8 Å². The van der Waals surface area contributed by atoms with E-state index < -0.39 is 6.04 Å². The van der Waals surface area contributed by atoms with Crippen LogP contribution in [0.2, 0.25) is 0 Å². The Morgan fingerprint density at radius 1 is 1.12 bits per heavy atom. The summed E-state index contributed by atoms with van der Waals surface area (Å²) in [4.78, 5) is 33.8. The number of amides is 2. The minimum Gasteiger partial charge on any atom is -0.487 e. The van der Waals surface area contributed by atoms with Crippen LogP contribution in [0.1, 0.15) is 32.1 Å². The van der Waals surface area contributed by atoms with Crippen molar-refractivity contribution in [3.63, 3.8) is 0 Å². The molecule has 2 amide bonds. The summed E-state index contributed by atoms with van der Waals surface area (Å²) in [6.07, 6.45) is 11.5. The Hall–Kier alpha value is -2.37. The van der Waals surface area contributed by atoms with E-state index >= 15 is 0 Å². The van der Waals surface area contributed by atoms with Crippen molar-refractivity contribution in [2.45, 2.75) is 44.2 Å². The van der Waals surface area contributed by atoms with Gasteiger partial charge in [0.1, 0.15) is 17.9 Å². The fraction of sp³-hybridized carbons (Fsp3) is 0.550. The number of rotatable bonds is 4. The molecule has 0 bridgehead atoms. The van der Waals surface area contributed by atoms with E-state index in [1.54, 1.807) is 17.3 Å². The highest BCUT2D eigenvalue weighted by atomic mass is 16.5. The third-order valence-electron chi connectivity index (χ3n) is 5.54. The first-order chi connectivity index (χ1) is 12.7. The number of likely N-dealkylation sites (tertiary alicyclic amines) is 2. The van der Waals surface area contributed by atoms with Gasteiger partial charge in [-0.1, -0.05) is 12.2 Å². The maximum absolute atomic E-state index is 13.0. The molecule has 2 saturated heterocycles. The molecule has 1 aromatic rings. The van der Waals surface area contributed by atoms with Crippen molar-refractivity contribution in [1.82, 2.24) is 14.8 Å².